The van der Waals surface area contributed by atoms with Crippen LogP contribution in [0.1, 0.15) is 17.2 Å². The first-order valence-electron chi connectivity index (χ1n) is 9.42. The standard InChI is InChI=1S/C24H18BrNO5/c1-31-19-12-11-15(13-16(19)25)22(28)20-21(14-7-3-2-4-8-14)26(24(30)23(20)29)17-9-5-6-10-18(17)27/h2-13,21,27-28H,1H3/b22-20-. The Labute approximate surface area is 187 Å². The summed E-state index contributed by atoms with van der Waals surface area (Å²) >= 11 is 3.38. The van der Waals surface area contributed by atoms with Crippen LogP contribution in [0.5, 0.6) is 11.5 Å². The molecule has 31 heavy (non-hydrogen) atoms. The van der Waals surface area contributed by atoms with Gasteiger partial charge in [0.2, 0.25) is 0 Å². The zero-order valence-corrected chi connectivity index (χ0v) is 18.0. The molecule has 0 bridgehead atoms. The minimum atomic E-state index is -0.907. The Morgan fingerprint density at radius 2 is 1.68 bits per heavy atom. The fourth-order valence-electron chi connectivity index (χ4n) is 3.67. The van der Waals surface area contributed by atoms with Crippen LogP contribution >= 0.6 is 15.9 Å². The zero-order valence-electron chi connectivity index (χ0n) is 16.4. The normalized spacial score (nSPS) is 17.7. The van der Waals surface area contributed by atoms with Crippen LogP contribution in [0.3, 0.4) is 0 Å². The van der Waals surface area contributed by atoms with Gasteiger partial charge in [0.15, 0.2) is 0 Å². The molecular formula is C24H18BrNO5. The molecule has 1 atom stereocenters. The molecule has 3 aromatic carbocycles. The number of amides is 1. The number of hydrogen-bond acceptors (Lipinski definition) is 5. The van der Waals surface area contributed by atoms with Crippen molar-refractivity contribution >= 4 is 39.1 Å². The molecule has 0 saturated carbocycles. The van der Waals surface area contributed by atoms with Gasteiger partial charge in [-0.25, -0.2) is 0 Å². The van der Waals surface area contributed by atoms with Gasteiger partial charge in [-0.3, -0.25) is 14.5 Å². The number of nitrogens with zero attached hydrogens (tertiary/aromatic N) is 1. The Morgan fingerprint density at radius 1 is 1.00 bits per heavy atom. The maximum atomic E-state index is 13.1. The second kappa shape index (κ2) is 8.28. The van der Waals surface area contributed by atoms with Crippen molar-refractivity contribution in [1.82, 2.24) is 0 Å². The van der Waals surface area contributed by atoms with Crippen molar-refractivity contribution in [2.45, 2.75) is 6.04 Å². The number of phenols is 1. The van der Waals surface area contributed by atoms with Gasteiger partial charge in [0.05, 0.1) is 28.9 Å². The second-order valence-corrected chi connectivity index (χ2v) is 7.77. The Morgan fingerprint density at radius 3 is 2.32 bits per heavy atom. The summed E-state index contributed by atoms with van der Waals surface area (Å²) in [5.74, 6) is -1.55. The van der Waals surface area contributed by atoms with Gasteiger partial charge in [-0.1, -0.05) is 42.5 Å². The van der Waals surface area contributed by atoms with Crippen molar-refractivity contribution in [2.24, 2.45) is 0 Å². The zero-order chi connectivity index (χ0) is 22.1. The van der Waals surface area contributed by atoms with Gasteiger partial charge in [-0.2, -0.15) is 0 Å². The third-order valence-corrected chi connectivity index (χ3v) is 5.75. The van der Waals surface area contributed by atoms with E-state index in [1.807, 2.05) is 6.07 Å². The largest absolute Gasteiger partial charge is 0.507 e. The summed E-state index contributed by atoms with van der Waals surface area (Å²) in [5, 5.41) is 21.5. The van der Waals surface area contributed by atoms with E-state index in [0.29, 0.717) is 21.3 Å². The van der Waals surface area contributed by atoms with Crippen molar-refractivity contribution < 1.29 is 24.5 Å². The molecule has 2 N–H and O–H groups in total. The number of phenolic OH excluding ortho intramolecular Hbond substituents is 1. The van der Waals surface area contributed by atoms with Gasteiger partial charge in [0.25, 0.3) is 11.7 Å². The number of benzene rings is 3. The molecule has 1 unspecified atom stereocenters. The van der Waals surface area contributed by atoms with Crippen molar-refractivity contribution in [3.63, 3.8) is 0 Å². The van der Waals surface area contributed by atoms with E-state index < -0.39 is 17.7 Å². The van der Waals surface area contributed by atoms with Crippen LogP contribution in [0.2, 0.25) is 0 Å². The molecule has 0 aromatic heterocycles. The fraction of sp³-hybridized carbons (Fsp3) is 0.0833. The minimum Gasteiger partial charge on any atom is -0.507 e. The molecule has 6 nitrogen and oxygen atoms in total. The molecule has 1 aliphatic rings. The lowest BCUT2D eigenvalue weighted by atomic mass is 9.95. The molecule has 3 aromatic rings. The summed E-state index contributed by atoms with van der Waals surface area (Å²) in [4.78, 5) is 27.3. The molecule has 7 heteroatoms. The monoisotopic (exact) mass is 479 g/mol. The number of methoxy groups -OCH3 is 1. The van der Waals surface area contributed by atoms with Crippen LogP contribution in [0, 0.1) is 0 Å². The Hall–Kier alpha value is -3.58. The highest BCUT2D eigenvalue weighted by atomic mass is 79.9. The van der Waals surface area contributed by atoms with Crippen LogP contribution < -0.4 is 9.64 Å². The Balaban J connectivity index is 1.95. The number of ether oxygens (including phenoxy) is 1. The number of carbonyl (C=O) groups excluding carboxylic acids is 2. The van der Waals surface area contributed by atoms with Crippen LogP contribution in [-0.4, -0.2) is 29.0 Å². The predicted octanol–water partition coefficient (Wildman–Crippen LogP) is 4.79. The Bertz CT molecular complexity index is 1210. The van der Waals surface area contributed by atoms with Crippen molar-refractivity contribution in [1.29, 1.82) is 0 Å². The third kappa shape index (κ3) is 3.57. The van der Waals surface area contributed by atoms with Crippen LogP contribution in [0.4, 0.5) is 5.69 Å². The third-order valence-electron chi connectivity index (χ3n) is 5.13. The molecule has 1 fully saturated rings. The van der Waals surface area contributed by atoms with Gasteiger partial charge < -0.3 is 14.9 Å². The maximum Gasteiger partial charge on any atom is 0.300 e. The van der Waals surface area contributed by atoms with Crippen molar-refractivity contribution in [3.05, 3.63) is 94.0 Å². The highest BCUT2D eigenvalue weighted by molar-refractivity contribution is 9.10. The van der Waals surface area contributed by atoms with E-state index in [1.54, 1.807) is 60.7 Å². The number of rotatable bonds is 4. The lowest BCUT2D eigenvalue weighted by Gasteiger charge is -2.26. The number of hydrogen-bond donors (Lipinski definition) is 2. The summed E-state index contributed by atoms with van der Waals surface area (Å²) in [6, 6.07) is 19.2. The van der Waals surface area contributed by atoms with Gasteiger partial charge >= 0.3 is 0 Å². The molecule has 0 spiro atoms. The highest BCUT2D eigenvalue weighted by Crippen LogP contribution is 2.44. The number of para-hydroxylation sites is 2. The first-order chi connectivity index (χ1) is 14.9. The summed E-state index contributed by atoms with van der Waals surface area (Å²) in [7, 11) is 1.52. The van der Waals surface area contributed by atoms with E-state index in [9.17, 15) is 19.8 Å². The average molecular weight is 480 g/mol. The number of aromatic hydroxyl groups is 1. The highest BCUT2D eigenvalue weighted by Gasteiger charge is 2.47. The summed E-state index contributed by atoms with van der Waals surface area (Å²) in [6.07, 6.45) is 0. The quantitative estimate of drug-likeness (QED) is 0.319. The summed E-state index contributed by atoms with van der Waals surface area (Å²) in [6.45, 7) is 0. The number of anilines is 1. The number of halogens is 1. The predicted molar refractivity (Wildman–Crippen MR) is 120 cm³/mol. The lowest BCUT2D eigenvalue weighted by Crippen LogP contribution is -2.29. The van der Waals surface area contributed by atoms with Gasteiger partial charge in [-0.15, -0.1) is 0 Å². The maximum absolute atomic E-state index is 13.1. The van der Waals surface area contributed by atoms with E-state index in [4.69, 9.17) is 4.74 Å². The molecule has 1 heterocycles. The molecule has 156 valence electrons. The number of carbonyl (C=O) groups is 2. The average Bonchev–Trinajstić information content (AvgIpc) is 3.04. The summed E-state index contributed by atoms with van der Waals surface area (Å²) in [5.41, 5.74) is 1.10. The number of Topliss-reactive ketones (excluding diaryl/α,β-unsaturated/α-hetero) is 1. The van der Waals surface area contributed by atoms with Crippen LogP contribution in [-0.2, 0) is 9.59 Å². The van der Waals surface area contributed by atoms with E-state index in [-0.39, 0.29) is 22.8 Å². The van der Waals surface area contributed by atoms with Gasteiger partial charge in [0, 0.05) is 5.56 Å². The van der Waals surface area contributed by atoms with Crippen LogP contribution in [0.15, 0.2) is 82.8 Å². The van der Waals surface area contributed by atoms with Gasteiger partial charge in [-0.05, 0) is 51.8 Å². The molecule has 1 amide bonds. The second-order valence-electron chi connectivity index (χ2n) is 6.92. The van der Waals surface area contributed by atoms with Crippen molar-refractivity contribution in [3.8, 4) is 11.5 Å². The SMILES string of the molecule is COc1ccc(/C(O)=C2/C(=O)C(=O)N(c3ccccc3O)C2c2ccccc2)cc1Br. The lowest BCUT2D eigenvalue weighted by molar-refractivity contribution is -0.132. The number of aliphatic hydroxyl groups excluding tert-OH is 1. The van der Waals surface area contributed by atoms with E-state index >= 15 is 0 Å². The molecular weight excluding hydrogens is 462 g/mol. The smallest absolute Gasteiger partial charge is 0.300 e. The van der Waals surface area contributed by atoms with E-state index in [2.05, 4.69) is 15.9 Å². The number of aliphatic hydroxyl groups is 1. The van der Waals surface area contributed by atoms with Gasteiger partial charge in [0.1, 0.15) is 17.3 Å². The Kier molecular flexibility index (Phi) is 5.52. The minimum absolute atomic E-state index is 0.0588. The van der Waals surface area contributed by atoms with E-state index in [0.717, 1.165) is 0 Å². The molecule has 1 saturated heterocycles. The number of ketones is 1. The van der Waals surface area contributed by atoms with E-state index in [1.165, 1.54) is 18.1 Å². The first-order valence-corrected chi connectivity index (χ1v) is 10.2. The topological polar surface area (TPSA) is 87.1 Å². The molecule has 4 rings (SSSR count). The van der Waals surface area contributed by atoms with Crippen LogP contribution in [0.25, 0.3) is 5.76 Å². The molecule has 0 aliphatic carbocycles. The molecule has 1 aliphatic heterocycles. The van der Waals surface area contributed by atoms with Crippen molar-refractivity contribution in [2.75, 3.05) is 12.0 Å². The first kappa shape index (κ1) is 20.7. The fourth-order valence-corrected chi connectivity index (χ4v) is 4.21. The summed E-state index contributed by atoms with van der Waals surface area (Å²) < 4.78 is 5.81. The molecule has 0 radical (unpaired) electrons.